The molecule has 0 aliphatic heterocycles. The van der Waals surface area contributed by atoms with Crippen LogP contribution in [0.25, 0.3) is 0 Å². The number of aryl methyl sites for hydroxylation is 1. The Hall–Kier alpha value is -1.12. The molecule has 0 spiro atoms. The average Bonchev–Trinajstić information content (AvgIpc) is 2.74. The van der Waals surface area contributed by atoms with Gasteiger partial charge in [0.25, 0.3) is 0 Å². The van der Waals surface area contributed by atoms with Gasteiger partial charge in [-0.2, -0.15) is 5.10 Å². The Morgan fingerprint density at radius 2 is 2.19 bits per heavy atom. The number of carbonyl (C=O) groups is 1. The molecule has 3 nitrogen and oxygen atoms in total. The van der Waals surface area contributed by atoms with Gasteiger partial charge in [-0.3, -0.25) is 9.48 Å². The molecule has 2 saturated carbocycles. The molecule has 0 saturated heterocycles. The van der Waals surface area contributed by atoms with E-state index in [4.69, 9.17) is 0 Å². The Morgan fingerprint density at radius 1 is 1.44 bits per heavy atom. The molecular weight excluding hydrogens is 200 g/mol. The van der Waals surface area contributed by atoms with Crippen LogP contribution < -0.4 is 0 Å². The molecule has 2 aliphatic rings. The molecular formula is C13H18N2O. The van der Waals surface area contributed by atoms with E-state index >= 15 is 0 Å². The normalized spacial score (nSPS) is 31.4. The maximum absolute atomic E-state index is 12.2. The summed E-state index contributed by atoms with van der Waals surface area (Å²) in [7, 11) is 0. The van der Waals surface area contributed by atoms with E-state index in [0.29, 0.717) is 11.7 Å². The third-order valence-electron chi connectivity index (χ3n) is 3.98. The average molecular weight is 218 g/mol. The van der Waals surface area contributed by atoms with Gasteiger partial charge in [0.05, 0.1) is 11.8 Å². The fraction of sp³-hybridized carbons (Fsp3) is 0.692. The van der Waals surface area contributed by atoms with Crippen LogP contribution in [0.5, 0.6) is 0 Å². The molecule has 3 heteroatoms. The number of rotatable bonds is 4. The van der Waals surface area contributed by atoms with Crippen LogP contribution in [0.3, 0.4) is 0 Å². The van der Waals surface area contributed by atoms with Gasteiger partial charge >= 0.3 is 0 Å². The van der Waals surface area contributed by atoms with E-state index in [1.54, 1.807) is 6.20 Å². The van der Waals surface area contributed by atoms with Crippen molar-refractivity contribution in [3.8, 4) is 0 Å². The summed E-state index contributed by atoms with van der Waals surface area (Å²) in [5, 5.41) is 4.22. The second-order valence-corrected chi connectivity index (χ2v) is 5.28. The topological polar surface area (TPSA) is 34.9 Å². The van der Waals surface area contributed by atoms with Gasteiger partial charge < -0.3 is 0 Å². The van der Waals surface area contributed by atoms with Crippen molar-refractivity contribution >= 4 is 5.78 Å². The van der Waals surface area contributed by atoms with Crippen LogP contribution in [0, 0.1) is 17.8 Å². The third-order valence-corrected chi connectivity index (χ3v) is 3.98. The van der Waals surface area contributed by atoms with Crippen LogP contribution in [0.4, 0.5) is 0 Å². The number of hydrogen-bond donors (Lipinski definition) is 0. The minimum atomic E-state index is 0.294. The largest absolute Gasteiger partial charge is 0.294 e. The molecule has 1 aromatic rings. The fourth-order valence-corrected chi connectivity index (χ4v) is 3.01. The number of carbonyl (C=O) groups excluding carboxylic acids is 1. The molecule has 0 radical (unpaired) electrons. The number of aromatic nitrogens is 2. The molecule has 1 aromatic heterocycles. The van der Waals surface area contributed by atoms with Gasteiger partial charge in [-0.05, 0) is 37.5 Å². The van der Waals surface area contributed by atoms with Gasteiger partial charge in [0.2, 0.25) is 0 Å². The minimum absolute atomic E-state index is 0.294. The van der Waals surface area contributed by atoms with Crippen LogP contribution in [0.15, 0.2) is 12.4 Å². The molecule has 1 heterocycles. The Balaban J connectivity index is 1.68. The van der Waals surface area contributed by atoms with E-state index in [1.807, 2.05) is 10.9 Å². The predicted molar refractivity (Wildman–Crippen MR) is 61.2 cm³/mol. The summed E-state index contributed by atoms with van der Waals surface area (Å²) in [6, 6.07) is 0. The first-order valence-electron chi connectivity index (χ1n) is 6.34. The molecule has 0 aromatic carbocycles. The summed E-state index contributed by atoms with van der Waals surface area (Å²) in [5.74, 6) is 2.37. The standard InChI is InChI=1S/C13H18N2O/c1-2-3-15-8-12(7-14-15)13(16)11-5-9-4-10(9)6-11/h7-11H,2-6H2,1H3. The lowest BCUT2D eigenvalue weighted by atomic mass is 9.95. The van der Waals surface area contributed by atoms with E-state index in [1.165, 1.54) is 6.42 Å². The van der Waals surface area contributed by atoms with Crippen molar-refractivity contribution in [2.24, 2.45) is 17.8 Å². The molecule has 0 amide bonds. The number of fused-ring (bicyclic) bond motifs is 1. The third kappa shape index (κ3) is 1.68. The molecule has 2 atom stereocenters. The molecule has 0 bridgehead atoms. The maximum atomic E-state index is 12.2. The molecule has 2 aliphatic carbocycles. The molecule has 2 fully saturated rings. The highest BCUT2D eigenvalue weighted by molar-refractivity contribution is 5.97. The lowest BCUT2D eigenvalue weighted by Gasteiger charge is -2.07. The van der Waals surface area contributed by atoms with Crippen LogP contribution >= 0.6 is 0 Å². The Kier molecular flexibility index (Phi) is 2.34. The highest BCUT2D eigenvalue weighted by Crippen LogP contribution is 2.54. The van der Waals surface area contributed by atoms with Crippen molar-refractivity contribution in [1.29, 1.82) is 0 Å². The molecule has 2 unspecified atom stereocenters. The first-order valence-corrected chi connectivity index (χ1v) is 6.34. The SMILES string of the molecule is CCCn1cc(C(=O)C2CC3CC3C2)cn1. The Bertz CT molecular complexity index is 400. The number of nitrogens with zero attached hydrogens (tertiary/aromatic N) is 2. The van der Waals surface area contributed by atoms with E-state index in [-0.39, 0.29) is 0 Å². The number of hydrogen-bond acceptors (Lipinski definition) is 2. The maximum Gasteiger partial charge on any atom is 0.169 e. The lowest BCUT2D eigenvalue weighted by molar-refractivity contribution is 0.0914. The van der Waals surface area contributed by atoms with Crippen LogP contribution in [-0.2, 0) is 6.54 Å². The summed E-state index contributed by atoms with van der Waals surface area (Å²) in [6.45, 7) is 3.02. The Morgan fingerprint density at radius 3 is 2.88 bits per heavy atom. The van der Waals surface area contributed by atoms with Gasteiger partial charge in [-0.1, -0.05) is 6.92 Å². The fourth-order valence-electron chi connectivity index (χ4n) is 3.01. The second kappa shape index (κ2) is 3.72. The highest BCUT2D eigenvalue weighted by atomic mass is 16.1. The van der Waals surface area contributed by atoms with Gasteiger partial charge in [0, 0.05) is 18.7 Å². The van der Waals surface area contributed by atoms with Gasteiger partial charge in [-0.25, -0.2) is 0 Å². The zero-order valence-electron chi connectivity index (χ0n) is 9.72. The molecule has 86 valence electrons. The quantitative estimate of drug-likeness (QED) is 0.728. The van der Waals surface area contributed by atoms with Crippen molar-refractivity contribution in [1.82, 2.24) is 9.78 Å². The predicted octanol–water partition coefficient (Wildman–Crippen LogP) is 2.52. The van der Waals surface area contributed by atoms with Crippen molar-refractivity contribution in [2.45, 2.75) is 39.2 Å². The molecule has 3 rings (SSSR count). The summed E-state index contributed by atoms with van der Waals surface area (Å²) in [4.78, 5) is 12.2. The first-order chi connectivity index (χ1) is 7.78. The van der Waals surface area contributed by atoms with Crippen molar-refractivity contribution in [2.75, 3.05) is 0 Å². The zero-order valence-corrected chi connectivity index (χ0v) is 9.72. The summed E-state index contributed by atoms with van der Waals surface area (Å²) >= 11 is 0. The summed E-state index contributed by atoms with van der Waals surface area (Å²) in [6.07, 6.45) is 8.34. The monoisotopic (exact) mass is 218 g/mol. The highest BCUT2D eigenvalue weighted by Gasteiger charge is 2.48. The Labute approximate surface area is 95.8 Å². The van der Waals surface area contributed by atoms with E-state index in [0.717, 1.165) is 43.2 Å². The van der Waals surface area contributed by atoms with E-state index in [2.05, 4.69) is 12.0 Å². The van der Waals surface area contributed by atoms with Gasteiger partial charge in [-0.15, -0.1) is 0 Å². The zero-order chi connectivity index (χ0) is 11.1. The van der Waals surface area contributed by atoms with Crippen LogP contribution in [-0.4, -0.2) is 15.6 Å². The van der Waals surface area contributed by atoms with Crippen LogP contribution in [0.1, 0.15) is 43.0 Å². The summed E-state index contributed by atoms with van der Waals surface area (Å²) < 4.78 is 1.88. The van der Waals surface area contributed by atoms with Crippen molar-refractivity contribution < 1.29 is 4.79 Å². The van der Waals surface area contributed by atoms with Gasteiger partial charge in [0.1, 0.15) is 0 Å². The smallest absolute Gasteiger partial charge is 0.169 e. The minimum Gasteiger partial charge on any atom is -0.294 e. The van der Waals surface area contributed by atoms with Crippen LogP contribution in [0.2, 0.25) is 0 Å². The molecule has 0 N–H and O–H groups in total. The number of ketones is 1. The van der Waals surface area contributed by atoms with E-state index < -0.39 is 0 Å². The number of Topliss-reactive ketones (excluding diaryl/α,β-unsaturated/α-hetero) is 1. The first kappa shape index (κ1) is 10.1. The van der Waals surface area contributed by atoms with E-state index in [9.17, 15) is 4.79 Å². The van der Waals surface area contributed by atoms with Gasteiger partial charge in [0.15, 0.2) is 5.78 Å². The van der Waals surface area contributed by atoms with Crippen molar-refractivity contribution in [3.05, 3.63) is 18.0 Å². The molecule has 16 heavy (non-hydrogen) atoms. The summed E-state index contributed by atoms with van der Waals surface area (Å²) in [5.41, 5.74) is 0.819. The lowest BCUT2D eigenvalue weighted by Crippen LogP contribution is -2.12. The van der Waals surface area contributed by atoms with Crippen molar-refractivity contribution in [3.63, 3.8) is 0 Å². The second-order valence-electron chi connectivity index (χ2n) is 5.28.